The highest BCUT2D eigenvalue weighted by Crippen LogP contribution is 2.31. The minimum atomic E-state index is -0.821. The Morgan fingerprint density at radius 2 is 1.62 bits per heavy atom. The summed E-state index contributed by atoms with van der Waals surface area (Å²) in [5.41, 5.74) is 3.30. The molecule has 47 heavy (non-hydrogen) atoms. The van der Waals surface area contributed by atoms with Crippen molar-refractivity contribution in [3.05, 3.63) is 146 Å². The third-order valence-electron chi connectivity index (χ3n) is 7.96. The molecule has 0 aliphatic rings. The Hall–Kier alpha value is -5.08. The molecule has 0 spiro atoms. The van der Waals surface area contributed by atoms with Crippen molar-refractivity contribution >= 4 is 40.2 Å². The Labute approximate surface area is 278 Å². The lowest BCUT2D eigenvalue weighted by Gasteiger charge is -2.35. The Kier molecular flexibility index (Phi) is 10.3. The minimum Gasteiger partial charge on any atom is -0.454 e. The number of Topliss-reactive ketones (excluding diaryl/α,β-unsaturated/α-hetero) is 1. The first kappa shape index (κ1) is 33.3. The maximum Gasteiger partial charge on any atom is 0.338 e. The molecule has 4 aromatic carbocycles. The molecular formula is C38H36ClN3O5. The number of halogens is 1. The van der Waals surface area contributed by atoms with Crippen LogP contribution in [0, 0.1) is 19.8 Å². The lowest BCUT2D eigenvalue weighted by molar-refractivity contribution is -0.123. The van der Waals surface area contributed by atoms with Crippen LogP contribution in [0.5, 0.6) is 0 Å². The Morgan fingerprint density at radius 1 is 0.894 bits per heavy atom. The zero-order valence-electron chi connectivity index (χ0n) is 26.8. The maximum absolute atomic E-state index is 14.4. The first-order chi connectivity index (χ1) is 22.5. The Bertz CT molecular complexity index is 2000. The summed E-state index contributed by atoms with van der Waals surface area (Å²) in [5, 5.41) is 0.795. The van der Waals surface area contributed by atoms with Gasteiger partial charge in [0, 0.05) is 10.6 Å². The molecule has 0 unspecified atom stereocenters. The highest BCUT2D eigenvalue weighted by atomic mass is 35.5. The first-order valence-electron chi connectivity index (χ1n) is 15.4. The van der Waals surface area contributed by atoms with Gasteiger partial charge in [-0.25, -0.2) is 9.78 Å². The van der Waals surface area contributed by atoms with Gasteiger partial charge in [0.1, 0.15) is 5.82 Å². The van der Waals surface area contributed by atoms with Crippen molar-refractivity contribution in [2.45, 2.75) is 40.3 Å². The van der Waals surface area contributed by atoms with Gasteiger partial charge in [-0.2, -0.15) is 0 Å². The van der Waals surface area contributed by atoms with Gasteiger partial charge in [0.2, 0.25) is 0 Å². The second kappa shape index (κ2) is 14.6. The SMILES string of the molecule is Cc1cccc(C(=O)OCC(=O)CN(C(=O)c2ccccc2C)[C@@H](c2nc3cc(Cl)ccc3c(=O)n2Cc2ccccc2)C(C)C)c1. The standard InChI is InChI=1S/C38H36ClN3O5/c1-24(2)34(35-40-33-20-29(39)17-18-32(33)37(45)42(35)21-27-13-6-5-7-14-27)41(36(44)31-16-9-8-12-26(31)4)22-30(43)23-47-38(46)28-15-10-11-25(3)19-28/h5-20,24,34H,21-23H2,1-4H3/t34-/m1/s1. The zero-order chi connectivity index (χ0) is 33.7. The second-order valence-electron chi connectivity index (χ2n) is 11.9. The van der Waals surface area contributed by atoms with Gasteiger partial charge in [-0.1, -0.05) is 91.7 Å². The third-order valence-corrected chi connectivity index (χ3v) is 8.20. The summed E-state index contributed by atoms with van der Waals surface area (Å²) in [6.07, 6.45) is 0. The van der Waals surface area contributed by atoms with E-state index in [2.05, 4.69) is 0 Å². The fourth-order valence-electron chi connectivity index (χ4n) is 5.65. The molecule has 0 aliphatic heterocycles. The van der Waals surface area contributed by atoms with Crippen LogP contribution < -0.4 is 5.56 Å². The molecule has 1 heterocycles. The van der Waals surface area contributed by atoms with Crippen LogP contribution in [-0.4, -0.2) is 45.3 Å². The van der Waals surface area contributed by atoms with Crippen molar-refractivity contribution < 1.29 is 19.1 Å². The van der Waals surface area contributed by atoms with Crippen LogP contribution in [-0.2, 0) is 16.1 Å². The average molecular weight is 650 g/mol. The van der Waals surface area contributed by atoms with E-state index in [4.69, 9.17) is 21.3 Å². The number of fused-ring (bicyclic) bond motifs is 1. The molecule has 0 saturated carbocycles. The Morgan fingerprint density at radius 3 is 2.32 bits per heavy atom. The molecule has 0 saturated heterocycles. The predicted molar refractivity (Wildman–Crippen MR) is 183 cm³/mol. The van der Waals surface area contributed by atoms with Gasteiger partial charge in [0.05, 0.1) is 35.6 Å². The molecule has 240 valence electrons. The largest absolute Gasteiger partial charge is 0.454 e. The van der Waals surface area contributed by atoms with E-state index in [1.165, 1.54) is 4.90 Å². The van der Waals surface area contributed by atoms with Crippen LogP contribution in [0.15, 0.2) is 102 Å². The van der Waals surface area contributed by atoms with Crippen molar-refractivity contribution in [2.75, 3.05) is 13.2 Å². The van der Waals surface area contributed by atoms with Crippen molar-refractivity contribution in [1.29, 1.82) is 0 Å². The van der Waals surface area contributed by atoms with Gasteiger partial charge < -0.3 is 9.64 Å². The maximum atomic E-state index is 14.4. The van der Waals surface area contributed by atoms with E-state index in [-0.39, 0.29) is 24.6 Å². The van der Waals surface area contributed by atoms with Crippen molar-refractivity contribution in [3.8, 4) is 0 Å². The predicted octanol–water partition coefficient (Wildman–Crippen LogP) is 6.98. The fourth-order valence-corrected chi connectivity index (χ4v) is 5.82. The highest BCUT2D eigenvalue weighted by Gasteiger charge is 2.35. The number of aromatic nitrogens is 2. The number of rotatable bonds is 11. The molecule has 0 bridgehead atoms. The highest BCUT2D eigenvalue weighted by molar-refractivity contribution is 6.31. The summed E-state index contributed by atoms with van der Waals surface area (Å²) in [7, 11) is 0. The molecule has 9 heteroatoms. The number of hydrogen-bond acceptors (Lipinski definition) is 6. The number of esters is 1. The number of amides is 1. The molecule has 5 rings (SSSR count). The number of ether oxygens (including phenoxy) is 1. The first-order valence-corrected chi connectivity index (χ1v) is 15.8. The quantitative estimate of drug-likeness (QED) is 0.143. The van der Waals surface area contributed by atoms with E-state index in [0.717, 1.165) is 16.7 Å². The molecule has 0 radical (unpaired) electrons. The van der Waals surface area contributed by atoms with Gasteiger partial charge in [-0.15, -0.1) is 0 Å². The second-order valence-corrected chi connectivity index (χ2v) is 12.4. The normalized spacial score (nSPS) is 11.8. The molecule has 0 fully saturated rings. The van der Waals surface area contributed by atoms with Gasteiger partial charge in [-0.05, 0) is 67.3 Å². The molecule has 1 amide bonds. The third kappa shape index (κ3) is 7.67. The molecule has 5 aromatic rings. The van der Waals surface area contributed by atoms with E-state index in [0.29, 0.717) is 32.9 Å². The number of carbonyl (C=O) groups is 3. The van der Waals surface area contributed by atoms with Crippen LogP contribution >= 0.6 is 11.6 Å². The number of nitrogens with zero attached hydrogens (tertiary/aromatic N) is 3. The number of benzene rings is 4. The van der Waals surface area contributed by atoms with E-state index < -0.39 is 30.3 Å². The summed E-state index contributed by atoms with van der Waals surface area (Å²) in [4.78, 5) is 61.2. The molecule has 0 aliphatic carbocycles. The lowest BCUT2D eigenvalue weighted by atomic mass is 9.98. The van der Waals surface area contributed by atoms with Crippen molar-refractivity contribution in [3.63, 3.8) is 0 Å². The summed E-state index contributed by atoms with van der Waals surface area (Å²) in [6.45, 7) is 6.77. The molecular weight excluding hydrogens is 614 g/mol. The number of hydrogen-bond donors (Lipinski definition) is 0. The summed E-state index contributed by atoms with van der Waals surface area (Å²) in [6, 6.07) is 27.6. The lowest BCUT2D eigenvalue weighted by Crippen LogP contribution is -2.44. The van der Waals surface area contributed by atoms with Crippen molar-refractivity contribution in [2.24, 2.45) is 5.92 Å². The van der Waals surface area contributed by atoms with Crippen LogP contribution in [0.3, 0.4) is 0 Å². The van der Waals surface area contributed by atoms with Crippen LogP contribution in [0.2, 0.25) is 5.02 Å². The number of carbonyl (C=O) groups excluding carboxylic acids is 3. The summed E-state index contributed by atoms with van der Waals surface area (Å²) < 4.78 is 6.95. The van der Waals surface area contributed by atoms with E-state index >= 15 is 0 Å². The van der Waals surface area contributed by atoms with Crippen molar-refractivity contribution in [1.82, 2.24) is 14.5 Å². The van der Waals surface area contributed by atoms with Crippen LogP contribution in [0.1, 0.15) is 63.1 Å². The van der Waals surface area contributed by atoms with Crippen LogP contribution in [0.25, 0.3) is 10.9 Å². The molecule has 1 atom stereocenters. The topological polar surface area (TPSA) is 98.6 Å². The summed E-state index contributed by atoms with van der Waals surface area (Å²) in [5.74, 6) is -1.51. The molecule has 1 aromatic heterocycles. The fraction of sp³-hybridized carbons (Fsp3) is 0.237. The smallest absolute Gasteiger partial charge is 0.338 e. The van der Waals surface area contributed by atoms with E-state index in [1.54, 1.807) is 53.1 Å². The average Bonchev–Trinajstić information content (AvgIpc) is 3.05. The van der Waals surface area contributed by atoms with Crippen LogP contribution in [0.4, 0.5) is 0 Å². The van der Waals surface area contributed by atoms with E-state index in [9.17, 15) is 19.2 Å². The molecule has 0 N–H and O–H groups in total. The number of aryl methyl sites for hydroxylation is 2. The van der Waals surface area contributed by atoms with Gasteiger partial charge in [0.25, 0.3) is 11.5 Å². The van der Waals surface area contributed by atoms with Gasteiger partial charge >= 0.3 is 5.97 Å². The summed E-state index contributed by atoms with van der Waals surface area (Å²) >= 11 is 6.33. The monoisotopic (exact) mass is 649 g/mol. The minimum absolute atomic E-state index is 0.193. The Balaban J connectivity index is 1.60. The zero-order valence-corrected chi connectivity index (χ0v) is 27.5. The van der Waals surface area contributed by atoms with E-state index in [1.807, 2.05) is 76.2 Å². The van der Waals surface area contributed by atoms with Gasteiger partial charge in [-0.3, -0.25) is 19.0 Å². The molecule has 8 nitrogen and oxygen atoms in total. The number of ketones is 1. The van der Waals surface area contributed by atoms with Gasteiger partial charge in [0.15, 0.2) is 12.4 Å².